The van der Waals surface area contributed by atoms with Crippen LogP contribution in [0.1, 0.15) is 27.0 Å². The Balaban J connectivity index is 2.48. The maximum Gasteiger partial charge on any atom is 0.132 e. The molecule has 1 heteroatoms. The van der Waals surface area contributed by atoms with Gasteiger partial charge in [-0.05, 0) is 12.8 Å². The van der Waals surface area contributed by atoms with E-state index in [-0.39, 0.29) is 12.2 Å². The Morgan fingerprint density at radius 2 is 2.50 bits per heavy atom. The van der Waals surface area contributed by atoms with Gasteiger partial charge in [0.2, 0.25) is 0 Å². The van der Waals surface area contributed by atoms with Crippen molar-refractivity contribution in [2.45, 2.75) is 25.7 Å². The lowest BCUT2D eigenvalue weighted by molar-refractivity contribution is -0.117. The second kappa shape index (κ2) is 1.41. The minimum atomic E-state index is -0.375. The Morgan fingerprint density at radius 3 is 2.67 bits per heavy atom. The Bertz CT molecular complexity index is 90.1. The molecule has 1 saturated carbocycles. The van der Waals surface area contributed by atoms with E-state index in [1.54, 1.807) is 0 Å². The fraction of sp³-hybridized carbons (Fsp3) is 0.800. The summed E-state index contributed by atoms with van der Waals surface area (Å²) in [5, 5.41) is 0. The van der Waals surface area contributed by atoms with E-state index in [1.807, 2.05) is 0 Å². The van der Waals surface area contributed by atoms with Crippen LogP contribution in [0.3, 0.4) is 0 Å². The molecule has 1 aliphatic carbocycles. The van der Waals surface area contributed by atoms with Crippen molar-refractivity contribution in [1.29, 1.82) is 0 Å². The molecule has 0 heterocycles. The molecular formula is C5H8O. The van der Waals surface area contributed by atoms with Crippen molar-refractivity contribution in [1.82, 2.24) is 0 Å². The summed E-state index contributed by atoms with van der Waals surface area (Å²) in [5.41, 5.74) is 0. The van der Waals surface area contributed by atoms with E-state index >= 15 is 0 Å². The third-order valence-corrected chi connectivity index (χ3v) is 0.999. The molecule has 1 rings (SSSR count). The summed E-state index contributed by atoms with van der Waals surface area (Å²) in [4.78, 5) is 10.4. The maximum absolute atomic E-state index is 10.4. The van der Waals surface area contributed by atoms with Crippen molar-refractivity contribution in [2.24, 2.45) is 0 Å². The van der Waals surface area contributed by atoms with E-state index in [4.69, 9.17) is 1.37 Å². The van der Waals surface area contributed by atoms with E-state index in [1.165, 1.54) is 0 Å². The minimum Gasteiger partial charge on any atom is -0.300 e. The van der Waals surface area contributed by atoms with Crippen molar-refractivity contribution in [3.05, 3.63) is 0 Å². The number of rotatable bonds is 0. The summed E-state index contributed by atoms with van der Waals surface area (Å²) in [5.74, 6) is 0.125. The van der Waals surface area contributed by atoms with Crippen LogP contribution in [0.25, 0.3) is 0 Å². The lowest BCUT2D eigenvalue weighted by Gasteiger charge is -1.71. The van der Waals surface area contributed by atoms with Gasteiger partial charge in [0.1, 0.15) is 5.78 Å². The zero-order valence-corrected chi connectivity index (χ0v) is 3.61. The van der Waals surface area contributed by atoms with E-state index in [0.29, 0.717) is 6.42 Å². The molecule has 1 fully saturated rings. The maximum atomic E-state index is 10.4. The van der Waals surface area contributed by atoms with Gasteiger partial charge in [0.05, 0.1) is 0 Å². The molecule has 0 aliphatic heterocycles. The Morgan fingerprint density at radius 1 is 1.67 bits per heavy atom. The molecule has 6 heavy (non-hydrogen) atoms. The first-order valence-electron chi connectivity index (χ1n) is 2.83. The van der Waals surface area contributed by atoms with Crippen LogP contribution in [-0.2, 0) is 4.79 Å². The van der Waals surface area contributed by atoms with E-state index < -0.39 is 0 Å². The van der Waals surface area contributed by atoms with Gasteiger partial charge in [0.25, 0.3) is 0 Å². The Hall–Kier alpha value is -0.330. The van der Waals surface area contributed by atoms with Gasteiger partial charge in [-0.3, -0.25) is 4.79 Å². The van der Waals surface area contributed by atoms with Gasteiger partial charge in [0.15, 0.2) is 0 Å². The molecule has 0 amide bonds. The molecule has 0 aromatic heterocycles. The van der Waals surface area contributed by atoms with Gasteiger partial charge in [-0.15, -0.1) is 0 Å². The largest absolute Gasteiger partial charge is 0.300 e. The van der Waals surface area contributed by atoms with Crippen molar-refractivity contribution < 1.29 is 6.17 Å². The van der Waals surface area contributed by atoms with Crippen LogP contribution < -0.4 is 0 Å². The highest BCUT2D eigenvalue weighted by molar-refractivity contribution is 5.79. The van der Waals surface area contributed by atoms with Gasteiger partial charge in [-0.25, -0.2) is 0 Å². The zero-order valence-electron chi connectivity index (χ0n) is 4.61. The topological polar surface area (TPSA) is 17.1 Å². The predicted octanol–water partition coefficient (Wildman–Crippen LogP) is 1.13. The molecule has 0 aromatic carbocycles. The molecule has 0 saturated heterocycles. The predicted molar refractivity (Wildman–Crippen MR) is 23.5 cm³/mol. The lowest BCUT2D eigenvalue weighted by atomic mass is 10.4. The van der Waals surface area contributed by atoms with Crippen LogP contribution >= 0.6 is 0 Å². The number of hydrogen-bond donors (Lipinski definition) is 0. The molecule has 0 radical (unpaired) electrons. The van der Waals surface area contributed by atoms with E-state index in [9.17, 15) is 4.79 Å². The van der Waals surface area contributed by atoms with Gasteiger partial charge < -0.3 is 0 Å². The van der Waals surface area contributed by atoms with Crippen molar-refractivity contribution in [3.8, 4) is 0 Å². The van der Waals surface area contributed by atoms with E-state index in [0.717, 1.165) is 12.8 Å². The molecule has 0 bridgehead atoms. The fourth-order valence-corrected chi connectivity index (χ4v) is 0.641. The first-order valence-corrected chi connectivity index (χ1v) is 2.25. The zero-order chi connectivity index (χ0) is 5.28. The fourth-order valence-electron chi connectivity index (χ4n) is 0.641. The first kappa shape index (κ1) is 2.78. The summed E-state index contributed by atoms with van der Waals surface area (Å²) in [6.45, 7) is 0. The summed E-state index contributed by atoms with van der Waals surface area (Å²) in [6.07, 6.45) is 2.00. The number of carbonyl (C=O) groups excluding carboxylic acids is 1. The highest BCUT2D eigenvalue weighted by atomic mass is 16.1. The SMILES string of the molecule is [2H][C@@H]1CCCC1=O. The normalized spacial score (nSPS) is 37.0. The quantitative estimate of drug-likeness (QED) is 0.431. The van der Waals surface area contributed by atoms with Crippen LogP contribution in [-0.4, -0.2) is 5.78 Å². The molecule has 0 aromatic rings. The van der Waals surface area contributed by atoms with Crippen molar-refractivity contribution in [3.63, 3.8) is 0 Å². The molecular weight excluding hydrogens is 76.1 g/mol. The van der Waals surface area contributed by atoms with E-state index in [2.05, 4.69) is 0 Å². The molecule has 0 unspecified atom stereocenters. The average molecular weight is 85.1 g/mol. The van der Waals surface area contributed by atoms with Crippen molar-refractivity contribution in [2.75, 3.05) is 0 Å². The van der Waals surface area contributed by atoms with Gasteiger partial charge >= 0.3 is 0 Å². The average Bonchev–Trinajstić information content (AvgIpc) is 1.91. The van der Waals surface area contributed by atoms with Crippen LogP contribution in [0.4, 0.5) is 0 Å². The van der Waals surface area contributed by atoms with Crippen LogP contribution in [0, 0.1) is 0 Å². The summed E-state index contributed by atoms with van der Waals surface area (Å²) < 4.78 is 6.99. The van der Waals surface area contributed by atoms with Crippen LogP contribution in [0.5, 0.6) is 0 Å². The summed E-state index contributed by atoms with van der Waals surface area (Å²) in [6, 6.07) is 0. The standard InChI is InChI=1S/C5H8O/c6-5-3-1-2-4-5/h1-4H2/i3D/t3-/m1/s1. The molecule has 1 nitrogen and oxygen atoms in total. The Labute approximate surface area is 38.8 Å². The number of hydrogen-bond acceptors (Lipinski definition) is 1. The second-order valence-electron chi connectivity index (χ2n) is 1.56. The summed E-state index contributed by atoms with van der Waals surface area (Å²) in [7, 11) is 0. The number of carbonyl (C=O) groups is 1. The lowest BCUT2D eigenvalue weighted by Crippen LogP contribution is -1.81. The number of Topliss-reactive ketones (excluding diaryl/α,β-unsaturated/α-hetero) is 1. The minimum absolute atomic E-state index is 0.125. The first-order chi connectivity index (χ1) is 3.30. The monoisotopic (exact) mass is 85.1 g/mol. The molecule has 34 valence electrons. The highest BCUT2D eigenvalue weighted by Gasteiger charge is 2.07. The molecule has 0 N–H and O–H groups in total. The molecule has 0 spiro atoms. The third kappa shape index (κ3) is 0.588. The summed E-state index contributed by atoms with van der Waals surface area (Å²) >= 11 is 0. The van der Waals surface area contributed by atoms with Crippen LogP contribution in [0.2, 0.25) is 0 Å². The van der Waals surface area contributed by atoms with Gasteiger partial charge in [-0.2, -0.15) is 0 Å². The van der Waals surface area contributed by atoms with Gasteiger partial charge in [-0.1, -0.05) is 0 Å². The Kier molecular flexibility index (Phi) is 0.655. The highest BCUT2D eigenvalue weighted by Crippen LogP contribution is 2.11. The van der Waals surface area contributed by atoms with Crippen molar-refractivity contribution >= 4 is 5.78 Å². The molecule has 1 aliphatic rings. The second-order valence-corrected chi connectivity index (χ2v) is 1.56. The number of ketones is 1. The third-order valence-electron chi connectivity index (χ3n) is 0.999. The smallest absolute Gasteiger partial charge is 0.132 e. The van der Waals surface area contributed by atoms with Gasteiger partial charge in [0, 0.05) is 14.2 Å². The molecule has 1 atom stereocenters. The van der Waals surface area contributed by atoms with Crippen LogP contribution in [0.15, 0.2) is 0 Å².